The van der Waals surface area contributed by atoms with Gasteiger partial charge in [0.15, 0.2) is 0 Å². The fourth-order valence-electron chi connectivity index (χ4n) is 0.821. The molecule has 0 spiro atoms. The zero-order valence-electron chi connectivity index (χ0n) is 10.2. The number of amides is 2. The molecule has 0 aromatic heterocycles. The number of carbonyl (C=O) groups excluding carboxylic acids is 2. The van der Waals surface area contributed by atoms with Crippen LogP contribution in [0.15, 0.2) is 12.2 Å². The Bertz CT molecular complexity index is 266. The lowest BCUT2D eigenvalue weighted by molar-refractivity contribution is -0.118. The van der Waals surface area contributed by atoms with Gasteiger partial charge in [0.1, 0.15) is 0 Å². The fourth-order valence-corrected chi connectivity index (χ4v) is 0.821. The molecule has 7 heteroatoms. The van der Waals surface area contributed by atoms with Crippen LogP contribution in [0, 0.1) is 0 Å². The average Bonchev–Trinajstić information content (AvgIpc) is 2.24. The largest absolute Gasteiger partial charge is 0.379 e. The summed E-state index contributed by atoms with van der Waals surface area (Å²) in [4.78, 5) is 23.3. The summed E-state index contributed by atoms with van der Waals surface area (Å²) >= 11 is 0. The first kappa shape index (κ1) is 15.6. The highest BCUT2D eigenvalue weighted by atomic mass is 16.5. The standard InChI is InChI=1S/C10H20N4O3/c1-14(2)6-8-17-7-5-12-13-10(16)4-3-9(11)15/h3-4,12H,5-8H2,1-2H3,(H2,11,15)(H,13,16)/b4-3+. The van der Waals surface area contributed by atoms with Gasteiger partial charge < -0.3 is 15.4 Å². The second-order valence-electron chi connectivity index (χ2n) is 3.57. The van der Waals surface area contributed by atoms with Gasteiger partial charge in [-0.2, -0.15) is 0 Å². The van der Waals surface area contributed by atoms with Crippen molar-refractivity contribution >= 4 is 11.8 Å². The molecule has 0 bridgehead atoms. The Kier molecular flexibility index (Phi) is 8.94. The van der Waals surface area contributed by atoms with E-state index in [0.717, 1.165) is 18.7 Å². The van der Waals surface area contributed by atoms with Crippen LogP contribution in [0.25, 0.3) is 0 Å². The minimum atomic E-state index is -0.660. The number of nitrogens with zero attached hydrogens (tertiary/aromatic N) is 1. The third-order valence-corrected chi connectivity index (χ3v) is 1.66. The van der Waals surface area contributed by atoms with Crippen molar-refractivity contribution < 1.29 is 14.3 Å². The van der Waals surface area contributed by atoms with Gasteiger partial charge in [0.2, 0.25) is 5.91 Å². The zero-order chi connectivity index (χ0) is 13.1. The van der Waals surface area contributed by atoms with E-state index in [0.29, 0.717) is 19.8 Å². The normalized spacial score (nSPS) is 11.0. The Labute approximate surface area is 101 Å². The van der Waals surface area contributed by atoms with Gasteiger partial charge in [-0.3, -0.25) is 15.0 Å². The van der Waals surface area contributed by atoms with E-state index in [2.05, 4.69) is 10.9 Å². The quantitative estimate of drug-likeness (QED) is 0.253. The molecular weight excluding hydrogens is 224 g/mol. The number of hydrogen-bond donors (Lipinski definition) is 3. The maximum Gasteiger partial charge on any atom is 0.258 e. The molecule has 0 radical (unpaired) electrons. The summed E-state index contributed by atoms with van der Waals surface area (Å²) in [7, 11) is 3.93. The first-order chi connectivity index (χ1) is 8.02. The fraction of sp³-hybridized carbons (Fsp3) is 0.600. The summed E-state index contributed by atoms with van der Waals surface area (Å²) in [6.45, 7) is 2.48. The van der Waals surface area contributed by atoms with E-state index < -0.39 is 11.8 Å². The third kappa shape index (κ3) is 12.5. The highest BCUT2D eigenvalue weighted by Crippen LogP contribution is 1.77. The summed E-state index contributed by atoms with van der Waals surface area (Å²) in [5.74, 6) is -1.09. The Balaban J connectivity index is 3.34. The van der Waals surface area contributed by atoms with E-state index in [1.807, 2.05) is 19.0 Å². The Hall–Kier alpha value is -1.44. The van der Waals surface area contributed by atoms with Gasteiger partial charge in [0.05, 0.1) is 13.2 Å². The highest BCUT2D eigenvalue weighted by Gasteiger charge is 1.95. The van der Waals surface area contributed by atoms with Crippen LogP contribution in [-0.4, -0.2) is 57.1 Å². The molecule has 4 N–H and O–H groups in total. The number of primary amides is 1. The van der Waals surface area contributed by atoms with E-state index in [1.54, 1.807) is 0 Å². The highest BCUT2D eigenvalue weighted by molar-refractivity contribution is 5.95. The van der Waals surface area contributed by atoms with Crippen LogP contribution in [0.4, 0.5) is 0 Å². The molecule has 17 heavy (non-hydrogen) atoms. The third-order valence-electron chi connectivity index (χ3n) is 1.66. The van der Waals surface area contributed by atoms with Gasteiger partial charge in [-0.15, -0.1) is 0 Å². The second kappa shape index (κ2) is 9.76. The van der Waals surface area contributed by atoms with E-state index in [1.165, 1.54) is 0 Å². The SMILES string of the molecule is CN(C)CCOCCNNC(=O)/C=C/C(N)=O. The molecular formula is C10H20N4O3. The Morgan fingerprint density at radius 1 is 1.29 bits per heavy atom. The predicted octanol–water partition coefficient (Wildman–Crippen LogP) is -1.77. The molecule has 0 fully saturated rings. The molecule has 0 saturated carbocycles. The van der Waals surface area contributed by atoms with E-state index in [4.69, 9.17) is 10.5 Å². The molecule has 0 aromatic carbocycles. The molecule has 7 nitrogen and oxygen atoms in total. The van der Waals surface area contributed by atoms with E-state index >= 15 is 0 Å². The van der Waals surface area contributed by atoms with Crippen molar-refractivity contribution in [1.29, 1.82) is 0 Å². The van der Waals surface area contributed by atoms with Gasteiger partial charge in [-0.1, -0.05) is 0 Å². The predicted molar refractivity (Wildman–Crippen MR) is 63.9 cm³/mol. The summed E-state index contributed by atoms with van der Waals surface area (Å²) in [5, 5.41) is 0. The summed E-state index contributed by atoms with van der Waals surface area (Å²) in [6, 6.07) is 0. The molecule has 98 valence electrons. The van der Waals surface area contributed by atoms with Crippen LogP contribution in [0.1, 0.15) is 0 Å². The molecule has 0 heterocycles. The number of nitrogens with two attached hydrogens (primary N) is 1. The molecule has 0 aliphatic heterocycles. The van der Waals surface area contributed by atoms with Crippen molar-refractivity contribution in [2.24, 2.45) is 5.73 Å². The number of likely N-dealkylation sites (N-methyl/N-ethyl adjacent to an activating group) is 1. The topological polar surface area (TPSA) is 96.7 Å². The second-order valence-corrected chi connectivity index (χ2v) is 3.57. The molecule has 0 atom stereocenters. The lowest BCUT2D eigenvalue weighted by Gasteiger charge is -2.10. The molecule has 0 unspecified atom stereocenters. The molecule has 0 aliphatic carbocycles. The van der Waals surface area contributed by atoms with Gasteiger partial charge in [-0.05, 0) is 14.1 Å². The lowest BCUT2D eigenvalue weighted by Crippen LogP contribution is -2.38. The monoisotopic (exact) mass is 244 g/mol. The lowest BCUT2D eigenvalue weighted by atomic mass is 10.5. The van der Waals surface area contributed by atoms with Gasteiger partial charge >= 0.3 is 0 Å². The number of rotatable bonds is 9. The molecule has 2 amide bonds. The minimum absolute atomic E-state index is 0.433. The number of hydrazine groups is 1. The Morgan fingerprint density at radius 2 is 2.00 bits per heavy atom. The molecule has 0 saturated heterocycles. The van der Waals surface area contributed by atoms with Crippen molar-refractivity contribution in [2.45, 2.75) is 0 Å². The molecule has 0 rings (SSSR count). The number of carbonyl (C=O) groups is 2. The van der Waals surface area contributed by atoms with Crippen molar-refractivity contribution in [3.05, 3.63) is 12.2 Å². The zero-order valence-corrected chi connectivity index (χ0v) is 10.2. The maximum atomic E-state index is 11.0. The van der Waals surface area contributed by atoms with Crippen molar-refractivity contribution in [1.82, 2.24) is 15.8 Å². The van der Waals surface area contributed by atoms with Gasteiger partial charge in [-0.25, -0.2) is 5.43 Å². The van der Waals surface area contributed by atoms with Crippen molar-refractivity contribution in [3.8, 4) is 0 Å². The number of hydrogen-bond acceptors (Lipinski definition) is 5. The number of ether oxygens (including phenoxy) is 1. The first-order valence-electron chi connectivity index (χ1n) is 5.25. The molecule has 0 aromatic rings. The van der Waals surface area contributed by atoms with Crippen LogP contribution in [0.3, 0.4) is 0 Å². The van der Waals surface area contributed by atoms with Crippen LogP contribution in [0.5, 0.6) is 0 Å². The Morgan fingerprint density at radius 3 is 2.59 bits per heavy atom. The van der Waals surface area contributed by atoms with Crippen LogP contribution >= 0.6 is 0 Å². The van der Waals surface area contributed by atoms with Gasteiger partial charge in [0.25, 0.3) is 5.91 Å². The summed E-state index contributed by atoms with van der Waals surface area (Å²) in [6.07, 6.45) is 2.05. The van der Waals surface area contributed by atoms with Crippen LogP contribution in [0.2, 0.25) is 0 Å². The van der Waals surface area contributed by atoms with Crippen LogP contribution < -0.4 is 16.6 Å². The van der Waals surface area contributed by atoms with Gasteiger partial charge in [0, 0.05) is 25.2 Å². The maximum absolute atomic E-state index is 11.0. The minimum Gasteiger partial charge on any atom is -0.379 e. The van der Waals surface area contributed by atoms with Crippen molar-refractivity contribution in [2.75, 3.05) is 40.4 Å². The van der Waals surface area contributed by atoms with E-state index in [-0.39, 0.29) is 0 Å². The van der Waals surface area contributed by atoms with Crippen molar-refractivity contribution in [3.63, 3.8) is 0 Å². The van der Waals surface area contributed by atoms with Crippen LogP contribution in [-0.2, 0) is 14.3 Å². The average molecular weight is 244 g/mol. The summed E-state index contributed by atoms with van der Waals surface area (Å²) < 4.78 is 5.28. The molecule has 0 aliphatic rings. The first-order valence-corrected chi connectivity index (χ1v) is 5.25. The smallest absolute Gasteiger partial charge is 0.258 e. The van der Waals surface area contributed by atoms with E-state index in [9.17, 15) is 9.59 Å². The number of nitrogens with one attached hydrogen (secondary N) is 2. The summed E-state index contributed by atoms with van der Waals surface area (Å²) in [5.41, 5.74) is 9.84.